The highest BCUT2D eigenvalue weighted by Crippen LogP contribution is 2.15. The largest absolute Gasteiger partial charge is 0.349 e. The van der Waals surface area contributed by atoms with Crippen molar-refractivity contribution in [3.63, 3.8) is 0 Å². The molecule has 0 aromatic carbocycles. The monoisotopic (exact) mass is 310 g/mol. The molecule has 3 rings (SSSR count). The van der Waals surface area contributed by atoms with E-state index < -0.39 is 11.9 Å². The zero-order valence-electron chi connectivity index (χ0n) is 11.5. The van der Waals surface area contributed by atoms with Crippen LogP contribution in [0.5, 0.6) is 0 Å². The molecule has 1 N–H and O–H groups in total. The number of hydrogen-bond acceptors (Lipinski definition) is 3. The lowest BCUT2D eigenvalue weighted by molar-refractivity contribution is 0.0940. The summed E-state index contributed by atoms with van der Waals surface area (Å²) in [6.07, 6.45) is 3.81. The van der Waals surface area contributed by atoms with Gasteiger partial charge in [0, 0.05) is 19.3 Å². The first kappa shape index (κ1) is 14.3. The molecule has 7 heteroatoms. The summed E-state index contributed by atoms with van der Waals surface area (Å²) in [6.45, 7) is 3.41. The summed E-state index contributed by atoms with van der Waals surface area (Å²) in [7, 11) is 0. The van der Waals surface area contributed by atoms with Crippen molar-refractivity contribution in [1.29, 1.82) is 0 Å². The van der Waals surface area contributed by atoms with Crippen molar-refractivity contribution in [3.05, 3.63) is 35.0 Å². The number of halogens is 2. The molecule has 0 spiro atoms. The second kappa shape index (κ2) is 5.99. The Morgan fingerprint density at radius 2 is 2.14 bits per heavy atom. The van der Waals surface area contributed by atoms with Crippen molar-refractivity contribution in [2.75, 3.05) is 26.2 Å². The molecule has 1 saturated heterocycles. The molecular formula is C14H16ClFN4O. The number of fused-ring (bicyclic) bond motifs is 1. The van der Waals surface area contributed by atoms with Gasteiger partial charge in [0.15, 0.2) is 5.69 Å². The van der Waals surface area contributed by atoms with E-state index in [1.54, 1.807) is 12.1 Å². The van der Waals surface area contributed by atoms with Crippen molar-refractivity contribution < 1.29 is 9.18 Å². The Morgan fingerprint density at radius 1 is 1.38 bits per heavy atom. The van der Waals surface area contributed by atoms with Crippen molar-refractivity contribution in [1.82, 2.24) is 19.6 Å². The Hall–Kier alpha value is -1.66. The molecule has 1 fully saturated rings. The topological polar surface area (TPSA) is 49.6 Å². The Balaban J connectivity index is 1.67. The maximum atomic E-state index is 14.2. The number of amides is 1. The molecule has 3 heterocycles. The highest BCUT2D eigenvalue weighted by molar-refractivity contribution is 6.30. The Morgan fingerprint density at radius 3 is 2.90 bits per heavy atom. The first-order valence-electron chi connectivity index (χ1n) is 6.99. The molecule has 1 amide bonds. The molecular weight excluding hydrogens is 295 g/mol. The predicted octanol–water partition coefficient (Wildman–Crippen LogP) is 1.95. The number of carbonyl (C=O) groups is 1. The lowest BCUT2D eigenvalue weighted by Crippen LogP contribution is -2.34. The molecule has 5 nitrogen and oxygen atoms in total. The van der Waals surface area contributed by atoms with Crippen LogP contribution in [0.25, 0.3) is 5.65 Å². The van der Waals surface area contributed by atoms with E-state index >= 15 is 0 Å². The Bertz CT molecular complexity index is 666. The number of aromatic nitrogens is 2. The lowest BCUT2D eigenvalue weighted by atomic mass is 10.4. The van der Waals surface area contributed by atoms with Crippen LogP contribution in [0.3, 0.4) is 0 Å². The minimum absolute atomic E-state index is 0.196. The van der Waals surface area contributed by atoms with Gasteiger partial charge in [-0.1, -0.05) is 11.6 Å². The summed E-state index contributed by atoms with van der Waals surface area (Å²) in [5.41, 5.74) is 0.167. The van der Waals surface area contributed by atoms with Crippen molar-refractivity contribution >= 4 is 23.2 Å². The highest BCUT2D eigenvalue weighted by atomic mass is 35.5. The summed E-state index contributed by atoms with van der Waals surface area (Å²) < 4.78 is 15.3. The smallest absolute Gasteiger partial charge is 0.274 e. The summed E-state index contributed by atoms with van der Waals surface area (Å²) in [5.74, 6) is -1.18. The normalized spacial score (nSPS) is 15.7. The molecule has 21 heavy (non-hydrogen) atoms. The number of nitrogens with one attached hydrogen (secondary N) is 1. The molecule has 0 aliphatic carbocycles. The molecule has 1 aliphatic heterocycles. The summed E-state index contributed by atoms with van der Waals surface area (Å²) in [5, 5.41) is 3.10. The second-order valence-electron chi connectivity index (χ2n) is 5.13. The second-order valence-corrected chi connectivity index (χ2v) is 5.57. The molecule has 0 atom stereocenters. The number of rotatable bonds is 4. The van der Waals surface area contributed by atoms with Gasteiger partial charge in [-0.3, -0.25) is 9.20 Å². The van der Waals surface area contributed by atoms with Crippen LogP contribution in [0, 0.1) is 5.95 Å². The third-order valence-corrected chi connectivity index (χ3v) is 3.88. The van der Waals surface area contributed by atoms with Gasteiger partial charge < -0.3 is 10.2 Å². The van der Waals surface area contributed by atoms with Gasteiger partial charge in [0.25, 0.3) is 5.91 Å². The maximum absolute atomic E-state index is 14.2. The molecule has 0 radical (unpaired) electrons. The molecule has 1 aliphatic rings. The molecule has 0 saturated carbocycles. The standard InChI is InChI=1S/C14H16ClFN4O/c15-10-3-4-11-18-12(13(16)20(11)9-10)14(21)17-5-8-19-6-1-2-7-19/h3-4,9H,1-2,5-8H2,(H,17,21). The zero-order valence-corrected chi connectivity index (χ0v) is 12.2. The van der Waals surface area contributed by atoms with Crippen LogP contribution in [0.2, 0.25) is 5.02 Å². The van der Waals surface area contributed by atoms with Gasteiger partial charge in [-0.25, -0.2) is 4.98 Å². The summed E-state index contributed by atoms with van der Waals surface area (Å²) in [4.78, 5) is 18.3. The van der Waals surface area contributed by atoms with E-state index in [1.165, 1.54) is 23.4 Å². The molecule has 112 valence electrons. The van der Waals surface area contributed by atoms with Crippen molar-refractivity contribution in [2.45, 2.75) is 12.8 Å². The van der Waals surface area contributed by atoms with Crippen molar-refractivity contribution in [2.24, 2.45) is 0 Å². The van der Waals surface area contributed by atoms with E-state index in [-0.39, 0.29) is 5.69 Å². The van der Waals surface area contributed by atoms with Gasteiger partial charge in [-0.15, -0.1) is 0 Å². The maximum Gasteiger partial charge on any atom is 0.274 e. The first-order valence-corrected chi connectivity index (χ1v) is 7.36. The van der Waals surface area contributed by atoms with Gasteiger partial charge in [0.1, 0.15) is 5.65 Å². The van der Waals surface area contributed by atoms with Crippen LogP contribution in [0.4, 0.5) is 4.39 Å². The van der Waals surface area contributed by atoms with E-state index in [2.05, 4.69) is 15.2 Å². The fourth-order valence-corrected chi connectivity index (χ4v) is 2.71. The van der Waals surface area contributed by atoms with E-state index in [1.807, 2.05) is 0 Å². The number of pyridine rings is 1. The zero-order chi connectivity index (χ0) is 14.8. The summed E-state index contributed by atoms with van der Waals surface area (Å²) >= 11 is 5.81. The lowest BCUT2D eigenvalue weighted by Gasteiger charge is -2.14. The van der Waals surface area contributed by atoms with Gasteiger partial charge >= 0.3 is 0 Å². The average molecular weight is 311 g/mol. The average Bonchev–Trinajstić information content (AvgIpc) is 3.08. The minimum atomic E-state index is -0.689. The van der Waals surface area contributed by atoms with Crippen LogP contribution >= 0.6 is 11.6 Å². The predicted molar refractivity (Wildman–Crippen MR) is 78.2 cm³/mol. The minimum Gasteiger partial charge on any atom is -0.349 e. The SMILES string of the molecule is O=C(NCCN1CCCC1)c1nc2ccc(Cl)cn2c1F. The van der Waals surface area contributed by atoms with Crippen LogP contribution in [-0.2, 0) is 0 Å². The van der Waals surface area contributed by atoms with E-state index in [4.69, 9.17) is 11.6 Å². The van der Waals surface area contributed by atoms with Gasteiger partial charge in [0.05, 0.1) is 5.02 Å². The number of hydrogen-bond donors (Lipinski definition) is 1. The fraction of sp³-hybridized carbons (Fsp3) is 0.429. The highest BCUT2D eigenvalue weighted by Gasteiger charge is 2.19. The molecule has 0 bridgehead atoms. The fourth-order valence-electron chi connectivity index (χ4n) is 2.55. The number of nitrogens with zero attached hydrogens (tertiary/aromatic N) is 3. The third kappa shape index (κ3) is 3.01. The van der Waals surface area contributed by atoms with Crippen LogP contribution < -0.4 is 5.32 Å². The van der Waals surface area contributed by atoms with E-state index in [9.17, 15) is 9.18 Å². The summed E-state index contributed by atoms with van der Waals surface area (Å²) in [6, 6.07) is 3.19. The third-order valence-electron chi connectivity index (χ3n) is 3.65. The molecule has 2 aromatic heterocycles. The van der Waals surface area contributed by atoms with Crippen LogP contribution in [0.1, 0.15) is 23.3 Å². The van der Waals surface area contributed by atoms with Gasteiger partial charge in [0.2, 0.25) is 5.95 Å². The molecule has 0 unspecified atom stereocenters. The number of imidazole rings is 1. The van der Waals surface area contributed by atoms with E-state index in [0.29, 0.717) is 17.2 Å². The Labute approximate surface area is 126 Å². The number of likely N-dealkylation sites (tertiary alicyclic amines) is 1. The van der Waals surface area contributed by atoms with Crippen molar-refractivity contribution in [3.8, 4) is 0 Å². The van der Waals surface area contributed by atoms with Crippen LogP contribution in [-0.4, -0.2) is 46.4 Å². The van der Waals surface area contributed by atoms with Gasteiger partial charge in [-0.2, -0.15) is 4.39 Å². The first-order chi connectivity index (χ1) is 10.1. The van der Waals surface area contributed by atoms with Gasteiger partial charge in [-0.05, 0) is 38.1 Å². The van der Waals surface area contributed by atoms with E-state index in [0.717, 1.165) is 19.6 Å². The quantitative estimate of drug-likeness (QED) is 0.939. The van der Waals surface area contributed by atoms with Crippen LogP contribution in [0.15, 0.2) is 18.3 Å². The Kier molecular flexibility index (Phi) is 4.07. The molecule has 2 aromatic rings. The number of carbonyl (C=O) groups excluding carboxylic acids is 1.